The largest absolute Gasteiger partial charge is 0.465 e. The van der Waals surface area contributed by atoms with E-state index in [1.54, 1.807) is 0 Å². The first kappa shape index (κ1) is 12.9. The predicted molar refractivity (Wildman–Crippen MR) is 67.8 cm³/mol. The standard InChI is InChI=1S/C10H9N7O4/c11-16-13-1-5-3-17(10(19)21-5)6-2-12-9-8(14-6)15-7(18)4-20-9/h2,5H,1,3-4H2,(H,14,15,18)/t5-/m0/s1. The van der Waals surface area contributed by atoms with Gasteiger partial charge in [-0.15, -0.1) is 0 Å². The second kappa shape index (κ2) is 5.13. The molecular formula is C10H9N7O4. The minimum absolute atomic E-state index is 0.0386. The Hall–Kier alpha value is -3.07. The van der Waals surface area contributed by atoms with E-state index in [2.05, 4.69) is 25.3 Å². The summed E-state index contributed by atoms with van der Waals surface area (Å²) in [4.78, 5) is 35.0. The van der Waals surface area contributed by atoms with Crippen LogP contribution in [0.3, 0.4) is 0 Å². The molecule has 0 radical (unpaired) electrons. The molecular weight excluding hydrogens is 282 g/mol. The summed E-state index contributed by atoms with van der Waals surface area (Å²) < 4.78 is 10.1. The molecule has 0 bridgehead atoms. The molecule has 0 saturated carbocycles. The van der Waals surface area contributed by atoms with Gasteiger partial charge in [-0.05, 0) is 5.53 Å². The van der Waals surface area contributed by atoms with Crippen LogP contribution >= 0.6 is 0 Å². The second-order valence-electron chi connectivity index (χ2n) is 4.25. The van der Waals surface area contributed by atoms with Crippen LogP contribution < -0.4 is 15.0 Å². The van der Waals surface area contributed by atoms with E-state index >= 15 is 0 Å². The van der Waals surface area contributed by atoms with Gasteiger partial charge in [0.15, 0.2) is 18.2 Å². The summed E-state index contributed by atoms with van der Waals surface area (Å²) in [6.45, 7) is 0.0953. The molecule has 0 spiro atoms. The number of hydrogen-bond acceptors (Lipinski definition) is 7. The van der Waals surface area contributed by atoms with Crippen molar-refractivity contribution in [2.45, 2.75) is 6.10 Å². The third kappa shape index (κ3) is 2.49. The van der Waals surface area contributed by atoms with Crippen molar-refractivity contribution >= 4 is 23.6 Å². The molecule has 3 heterocycles. The smallest absolute Gasteiger partial charge is 0.415 e. The van der Waals surface area contributed by atoms with Gasteiger partial charge in [-0.1, -0.05) is 5.11 Å². The van der Waals surface area contributed by atoms with Crippen molar-refractivity contribution in [2.75, 3.05) is 29.9 Å². The molecule has 2 aliphatic heterocycles. The normalized spacial score (nSPS) is 20.0. The molecule has 0 unspecified atom stereocenters. The monoisotopic (exact) mass is 291 g/mol. The number of rotatable bonds is 3. The number of fused-ring (bicyclic) bond motifs is 1. The molecule has 0 aromatic carbocycles. The topological polar surface area (TPSA) is 142 Å². The van der Waals surface area contributed by atoms with E-state index in [0.29, 0.717) is 0 Å². The number of nitrogens with one attached hydrogen (secondary N) is 1. The SMILES string of the molecule is [N-]=[N+]=NC[C@H]1CN(c2cnc3c(n2)NC(=O)CO3)C(=O)O1. The van der Waals surface area contributed by atoms with E-state index in [0.717, 1.165) is 0 Å². The van der Waals surface area contributed by atoms with Crippen molar-refractivity contribution in [2.24, 2.45) is 5.11 Å². The van der Waals surface area contributed by atoms with E-state index in [4.69, 9.17) is 15.0 Å². The van der Waals surface area contributed by atoms with Crippen LogP contribution in [0.5, 0.6) is 5.88 Å². The lowest BCUT2D eigenvalue weighted by Gasteiger charge is -2.18. The molecule has 11 nitrogen and oxygen atoms in total. The van der Waals surface area contributed by atoms with Crippen LogP contribution in [0.1, 0.15) is 0 Å². The number of amides is 2. The maximum atomic E-state index is 11.8. The summed E-state index contributed by atoms with van der Waals surface area (Å²) in [6, 6.07) is 0. The van der Waals surface area contributed by atoms with E-state index in [1.165, 1.54) is 11.1 Å². The predicted octanol–water partition coefficient (Wildman–Crippen LogP) is 0.443. The van der Waals surface area contributed by atoms with Gasteiger partial charge < -0.3 is 14.8 Å². The van der Waals surface area contributed by atoms with Crippen LogP contribution in [-0.4, -0.2) is 47.8 Å². The zero-order valence-corrected chi connectivity index (χ0v) is 10.6. The average molecular weight is 291 g/mol. The van der Waals surface area contributed by atoms with Crippen molar-refractivity contribution in [3.63, 3.8) is 0 Å². The minimum atomic E-state index is -0.620. The third-order valence-electron chi connectivity index (χ3n) is 2.82. The zero-order chi connectivity index (χ0) is 14.8. The summed E-state index contributed by atoms with van der Waals surface area (Å²) in [5.74, 6) is 0.207. The first-order valence-corrected chi connectivity index (χ1v) is 5.96. The summed E-state index contributed by atoms with van der Waals surface area (Å²) in [5.41, 5.74) is 8.26. The van der Waals surface area contributed by atoms with Crippen LogP contribution in [0.25, 0.3) is 10.4 Å². The summed E-state index contributed by atoms with van der Waals surface area (Å²) in [6.07, 6.45) is 0.176. The van der Waals surface area contributed by atoms with Gasteiger partial charge >= 0.3 is 6.09 Å². The molecule has 2 amide bonds. The van der Waals surface area contributed by atoms with Crippen molar-refractivity contribution in [1.29, 1.82) is 0 Å². The Kier molecular flexibility index (Phi) is 3.16. The average Bonchev–Trinajstić information content (AvgIpc) is 2.85. The number of anilines is 2. The number of azide groups is 1. The van der Waals surface area contributed by atoms with Crippen LogP contribution in [0.4, 0.5) is 16.4 Å². The number of hydrogen-bond donors (Lipinski definition) is 1. The minimum Gasteiger partial charge on any atom is -0.465 e. The van der Waals surface area contributed by atoms with E-state index in [1.807, 2.05) is 0 Å². The van der Waals surface area contributed by atoms with Gasteiger partial charge in [0.05, 0.1) is 19.3 Å². The molecule has 1 N–H and O–H groups in total. The molecule has 3 rings (SSSR count). The molecule has 2 aliphatic rings. The van der Waals surface area contributed by atoms with Crippen molar-refractivity contribution in [3.8, 4) is 5.88 Å². The molecule has 11 heteroatoms. The molecule has 1 saturated heterocycles. The van der Waals surface area contributed by atoms with Crippen LogP contribution in [0, 0.1) is 0 Å². The lowest BCUT2D eigenvalue weighted by Crippen LogP contribution is -2.30. The van der Waals surface area contributed by atoms with Gasteiger partial charge in [0.1, 0.15) is 6.10 Å². The first-order chi connectivity index (χ1) is 10.2. The third-order valence-corrected chi connectivity index (χ3v) is 2.82. The lowest BCUT2D eigenvalue weighted by molar-refractivity contribution is -0.118. The Morgan fingerprint density at radius 2 is 2.43 bits per heavy atom. The van der Waals surface area contributed by atoms with Crippen LogP contribution in [0.15, 0.2) is 11.3 Å². The number of carbonyl (C=O) groups is 2. The first-order valence-electron chi connectivity index (χ1n) is 5.96. The lowest BCUT2D eigenvalue weighted by atomic mass is 10.3. The molecule has 1 fully saturated rings. The van der Waals surface area contributed by atoms with Gasteiger partial charge in [0, 0.05) is 4.91 Å². The van der Waals surface area contributed by atoms with Gasteiger partial charge in [0.25, 0.3) is 11.8 Å². The summed E-state index contributed by atoms with van der Waals surface area (Å²) in [5, 5.41) is 5.86. The van der Waals surface area contributed by atoms with Gasteiger partial charge in [-0.2, -0.15) is 0 Å². The Morgan fingerprint density at radius 3 is 3.24 bits per heavy atom. The number of carbonyl (C=O) groups excluding carboxylic acids is 2. The van der Waals surface area contributed by atoms with E-state index in [9.17, 15) is 9.59 Å². The maximum Gasteiger partial charge on any atom is 0.415 e. The number of aromatic nitrogens is 2. The van der Waals surface area contributed by atoms with Crippen molar-refractivity contribution in [1.82, 2.24) is 9.97 Å². The molecule has 108 valence electrons. The quantitative estimate of drug-likeness (QED) is 0.486. The fourth-order valence-electron chi connectivity index (χ4n) is 1.92. The van der Waals surface area contributed by atoms with Gasteiger partial charge in [0.2, 0.25) is 0 Å². The molecule has 1 aromatic heterocycles. The second-order valence-corrected chi connectivity index (χ2v) is 4.25. The summed E-state index contributed by atoms with van der Waals surface area (Å²) in [7, 11) is 0. The summed E-state index contributed by atoms with van der Waals surface area (Å²) >= 11 is 0. The van der Waals surface area contributed by atoms with Crippen molar-refractivity contribution in [3.05, 3.63) is 16.6 Å². The van der Waals surface area contributed by atoms with Crippen molar-refractivity contribution < 1.29 is 19.1 Å². The number of nitrogens with zero attached hydrogens (tertiary/aromatic N) is 6. The highest BCUT2D eigenvalue weighted by Crippen LogP contribution is 2.27. The number of cyclic esters (lactones) is 1. The number of ether oxygens (including phenoxy) is 2. The Balaban J connectivity index is 1.81. The van der Waals surface area contributed by atoms with Gasteiger partial charge in [-0.25, -0.2) is 14.8 Å². The maximum absolute atomic E-state index is 11.8. The van der Waals surface area contributed by atoms with E-state index < -0.39 is 12.2 Å². The highest BCUT2D eigenvalue weighted by Gasteiger charge is 2.33. The Bertz CT molecular complexity index is 657. The highest BCUT2D eigenvalue weighted by molar-refractivity contribution is 5.94. The molecule has 1 aromatic rings. The fourth-order valence-corrected chi connectivity index (χ4v) is 1.92. The molecule has 0 aliphatic carbocycles. The zero-order valence-electron chi connectivity index (χ0n) is 10.6. The van der Waals surface area contributed by atoms with E-state index in [-0.39, 0.29) is 43.1 Å². The fraction of sp³-hybridized carbons (Fsp3) is 0.400. The molecule has 21 heavy (non-hydrogen) atoms. The molecule has 1 atom stereocenters. The Labute approximate surface area is 117 Å². The highest BCUT2D eigenvalue weighted by atomic mass is 16.6. The van der Waals surface area contributed by atoms with Crippen LogP contribution in [-0.2, 0) is 9.53 Å². The van der Waals surface area contributed by atoms with Crippen LogP contribution in [0.2, 0.25) is 0 Å². The Morgan fingerprint density at radius 1 is 1.57 bits per heavy atom. The van der Waals surface area contributed by atoms with Gasteiger partial charge in [-0.3, -0.25) is 9.69 Å².